The molecule has 0 fully saturated rings. The van der Waals surface area contributed by atoms with E-state index in [-0.39, 0.29) is 16.8 Å². The van der Waals surface area contributed by atoms with Crippen LogP contribution < -0.4 is 5.73 Å². The molecule has 5 rings (SSSR count). The van der Waals surface area contributed by atoms with Crippen LogP contribution in [-0.4, -0.2) is 71.5 Å². The van der Waals surface area contributed by atoms with Gasteiger partial charge in [0.2, 0.25) is 0 Å². The number of halogens is 12. The van der Waals surface area contributed by atoms with Crippen molar-refractivity contribution in [2.45, 2.75) is 38.6 Å². The zero-order valence-electron chi connectivity index (χ0n) is 36.0. The Bertz CT molecular complexity index is 2880. The predicted octanol–water partition coefficient (Wildman–Crippen LogP) is 10.7. The topological polar surface area (TPSA) is 356 Å². The Morgan fingerprint density at radius 3 is 1.39 bits per heavy atom. The molecule has 72 heavy (non-hydrogen) atoms. The van der Waals surface area contributed by atoms with E-state index in [0.717, 1.165) is 31.2 Å². The zero-order chi connectivity index (χ0) is 56.7. The van der Waals surface area contributed by atoms with Crippen LogP contribution in [0.4, 0.5) is 81.1 Å². The first-order valence-electron chi connectivity index (χ1n) is 17.9. The maximum Gasteiger partial charge on any atom is 0.423 e. The largest absolute Gasteiger partial charge is 0.423 e. The number of nitrogens with zero attached hydrogens (tertiary/aromatic N) is 6. The highest BCUT2D eigenvalue weighted by atomic mass is 32.3. The number of H-pyrrole nitrogens is 1. The third kappa shape index (κ3) is 22.3. The molecule has 1 aromatic heterocycles. The van der Waals surface area contributed by atoms with Crippen molar-refractivity contribution in [3.05, 3.63) is 169 Å². The van der Waals surface area contributed by atoms with Crippen LogP contribution in [0.3, 0.4) is 0 Å². The van der Waals surface area contributed by atoms with E-state index in [4.69, 9.17) is 38.6 Å². The molecule has 0 saturated heterocycles. The lowest BCUT2D eigenvalue weighted by Gasteiger charge is -2.09. The van der Waals surface area contributed by atoms with Crippen LogP contribution in [0.2, 0.25) is 0 Å². The number of benzene rings is 4. The fourth-order valence-electron chi connectivity index (χ4n) is 4.94. The molecule has 0 bridgehead atoms. The van der Waals surface area contributed by atoms with Crippen molar-refractivity contribution >= 4 is 55.8 Å². The molecular weight excluding hydrogens is 1040 g/mol. The van der Waals surface area contributed by atoms with Gasteiger partial charge >= 0.3 is 35.1 Å². The molecule has 23 nitrogen and oxygen atoms in total. The highest BCUT2D eigenvalue weighted by Gasteiger charge is 2.42. The Kier molecular flexibility index (Phi) is 22.5. The summed E-state index contributed by atoms with van der Waals surface area (Å²) in [4.78, 5) is 50.5. The molecule has 1 heterocycles. The highest BCUT2D eigenvalue weighted by Crippen LogP contribution is 2.41. The Hall–Kier alpha value is -8.41. The van der Waals surface area contributed by atoms with Crippen LogP contribution in [0.1, 0.15) is 38.9 Å². The number of aromatic nitrogens is 1. The molecule has 0 saturated carbocycles. The van der Waals surface area contributed by atoms with Gasteiger partial charge in [-0.3, -0.25) is 49.6 Å². The van der Waals surface area contributed by atoms with E-state index < -0.39 is 105 Å². The summed E-state index contributed by atoms with van der Waals surface area (Å²) in [6, 6.07) is 10.6. The second-order valence-electron chi connectivity index (χ2n) is 13.4. The fourth-order valence-corrected chi connectivity index (χ4v) is 4.94. The van der Waals surface area contributed by atoms with Crippen LogP contribution >= 0.6 is 0 Å². The number of nitro groups is 4. The van der Waals surface area contributed by atoms with Gasteiger partial charge in [-0.15, -0.1) is 10.1 Å². The number of hydrogen-bond donors (Lipinski definition) is 5. The summed E-state index contributed by atoms with van der Waals surface area (Å²) >= 11 is 0. The number of aryl methyl sites for hydroxylation is 2. The first-order valence-corrected chi connectivity index (χ1v) is 19.3. The second-order valence-corrected chi connectivity index (χ2v) is 14.3. The van der Waals surface area contributed by atoms with Crippen molar-refractivity contribution in [1.82, 2.24) is 9.88 Å². The number of anilines is 1. The molecule has 0 unspecified atom stereocenters. The number of nitrogen functional groups attached to an aromatic ring is 1. The van der Waals surface area contributed by atoms with Gasteiger partial charge in [0.15, 0.2) is 0 Å². The Morgan fingerprint density at radius 1 is 0.611 bits per heavy atom. The van der Waals surface area contributed by atoms with Gasteiger partial charge in [-0.05, 0) is 62.5 Å². The molecule has 6 N–H and O–H groups in total. The van der Waals surface area contributed by atoms with Crippen molar-refractivity contribution in [1.29, 1.82) is 0 Å². The minimum absolute atomic E-state index is 0.257. The van der Waals surface area contributed by atoms with Gasteiger partial charge in [0, 0.05) is 42.4 Å². The van der Waals surface area contributed by atoms with E-state index in [1.165, 1.54) is 23.2 Å². The van der Waals surface area contributed by atoms with Gasteiger partial charge < -0.3 is 20.8 Å². The third-order valence-corrected chi connectivity index (χ3v) is 7.78. The maximum atomic E-state index is 12.8. The van der Waals surface area contributed by atoms with Gasteiger partial charge in [0.25, 0.3) is 27.8 Å². The molecule has 4 aromatic carbocycles. The minimum Gasteiger partial charge on any atom is -0.398 e. The summed E-state index contributed by atoms with van der Waals surface area (Å²) in [5, 5.41) is 56.6. The number of rotatable bonds is 6. The van der Waals surface area contributed by atoms with Crippen molar-refractivity contribution in [2.75, 3.05) is 19.8 Å². The standard InChI is InChI=1S/C11H10F3N3O4.C9H7F3N2.C8H5F3N2O4.C8H7F3.HNO3.H2O4S/c1-15(2)4-3-7-5-8(11(12,13)14)10(17(20)21)6-9(7)16(18)19;10-9(11,12)6-3-5-1-2-14-8(5)4-7(6)13;1-4-2-5(8(9,10)11)7(13(16)17)3-6(4)12(14)15;1-6-3-2-4-7(5-6)8(9,10)11;2-1(3)4;1-5(2,3)4/h3-6H,1-2H3;1-4,14H,13H2;2-3H,1H3;2-5H,1H3;(H,2,3,4);(H2,1,2,3,4)/b4-3+;;;;;. The van der Waals surface area contributed by atoms with Crippen LogP contribution in [0.25, 0.3) is 17.0 Å². The van der Waals surface area contributed by atoms with E-state index in [9.17, 15) is 93.1 Å². The highest BCUT2D eigenvalue weighted by molar-refractivity contribution is 7.79. The first kappa shape index (κ1) is 63.6. The van der Waals surface area contributed by atoms with Crippen LogP contribution in [0, 0.1) is 64.4 Å². The molecule has 396 valence electrons. The number of nitrogens with two attached hydrogens (primary N) is 1. The lowest BCUT2D eigenvalue weighted by atomic mass is 10.1. The molecule has 0 amide bonds. The number of alkyl halides is 12. The molecule has 0 aliphatic rings. The van der Waals surface area contributed by atoms with Gasteiger partial charge in [-0.1, -0.05) is 23.8 Å². The molecule has 0 radical (unpaired) electrons. The van der Waals surface area contributed by atoms with Gasteiger partial charge in [-0.25, -0.2) is 0 Å². The van der Waals surface area contributed by atoms with E-state index in [1.54, 1.807) is 39.3 Å². The average molecular weight is 1080 g/mol. The van der Waals surface area contributed by atoms with Crippen molar-refractivity contribution < 1.29 is 100 Å². The average Bonchev–Trinajstić information content (AvgIpc) is 3.65. The number of nitrogens with one attached hydrogen (secondary N) is 1. The summed E-state index contributed by atoms with van der Waals surface area (Å²) in [5.41, 5.74) is -2.95. The molecule has 0 atom stereocenters. The third-order valence-electron chi connectivity index (χ3n) is 7.78. The van der Waals surface area contributed by atoms with Crippen molar-refractivity contribution in [2.24, 2.45) is 0 Å². The summed E-state index contributed by atoms with van der Waals surface area (Å²) in [7, 11) is -1.53. The summed E-state index contributed by atoms with van der Waals surface area (Å²) in [5.74, 6) is 0. The van der Waals surface area contributed by atoms with Gasteiger partial charge in [0.1, 0.15) is 11.1 Å². The zero-order valence-corrected chi connectivity index (χ0v) is 36.8. The molecule has 0 aliphatic heterocycles. The van der Waals surface area contributed by atoms with Crippen LogP contribution in [0.15, 0.2) is 79.1 Å². The number of hydrogen-bond acceptors (Lipinski definition) is 14. The smallest absolute Gasteiger partial charge is 0.398 e. The predicted molar refractivity (Wildman–Crippen MR) is 224 cm³/mol. The molecule has 0 aliphatic carbocycles. The number of nitro benzene ring substituents is 4. The quantitative estimate of drug-likeness (QED) is 0.0347. The molecule has 36 heteroatoms. The van der Waals surface area contributed by atoms with E-state index in [1.807, 2.05) is 0 Å². The second kappa shape index (κ2) is 25.4. The number of aromatic amines is 1. The monoisotopic (exact) mass is 1080 g/mol. The van der Waals surface area contributed by atoms with Gasteiger partial charge in [-0.2, -0.15) is 61.1 Å². The normalized spacial score (nSPS) is 11.4. The molecule has 5 aromatic rings. The summed E-state index contributed by atoms with van der Waals surface area (Å²) in [6.45, 7) is 2.71. The molecular formula is C36H32F12N8O15S. The Balaban J connectivity index is 0.000000897. The summed E-state index contributed by atoms with van der Waals surface area (Å²) in [6.07, 6.45) is -14.6. The van der Waals surface area contributed by atoms with E-state index in [2.05, 4.69) is 4.98 Å². The summed E-state index contributed by atoms with van der Waals surface area (Å²) < 4.78 is 180. The lowest BCUT2D eigenvalue weighted by molar-refractivity contribution is -0.742. The van der Waals surface area contributed by atoms with Crippen molar-refractivity contribution in [3.63, 3.8) is 0 Å². The lowest BCUT2D eigenvalue weighted by Crippen LogP contribution is -2.10. The van der Waals surface area contributed by atoms with Crippen LogP contribution in [0.5, 0.6) is 0 Å². The SMILES string of the molecule is CN(C)/C=C/c1cc(C(F)(F)F)c([N+](=O)[O-])cc1[N+](=O)[O-].Cc1cc(C(F)(F)F)c([N+](=O)[O-])cc1[N+](=O)[O-].Cc1cccc(C(F)(F)F)c1.Nc1cc2[nH]ccc2cc1C(F)(F)F.O=S(=O)(O)O.O=[N+]([O-])O. The van der Waals surface area contributed by atoms with Gasteiger partial charge in [0.05, 0.1) is 48.5 Å². The fraction of sp³-hybridized carbons (Fsp3) is 0.222. The Labute approximate surface area is 392 Å². The number of fused-ring (bicyclic) bond motifs is 1. The molecule has 0 spiro atoms. The minimum atomic E-state index is -4.99. The van der Waals surface area contributed by atoms with E-state index in [0.29, 0.717) is 40.7 Å². The van der Waals surface area contributed by atoms with E-state index >= 15 is 0 Å². The maximum absolute atomic E-state index is 12.8. The Morgan fingerprint density at radius 2 is 1.03 bits per heavy atom. The van der Waals surface area contributed by atoms with Crippen molar-refractivity contribution in [3.8, 4) is 0 Å². The van der Waals surface area contributed by atoms with Crippen LogP contribution in [-0.2, 0) is 35.1 Å². The first-order chi connectivity index (χ1) is 32.4.